The highest BCUT2D eigenvalue weighted by atomic mass is 32.1. The van der Waals surface area contributed by atoms with Crippen LogP contribution >= 0.6 is 12.2 Å². The lowest BCUT2D eigenvalue weighted by Gasteiger charge is -2.31. The second-order valence-corrected chi connectivity index (χ2v) is 8.18. The number of nitrogens with one attached hydrogen (secondary N) is 1. The molecule has 3 nitrogen and oxygen atoms in total. The van der Waals surface area contributed by atoms with Crippen LogP contribution in [0, 0.1) is 11.8 Å². The van der Waals surface area contributed by atoms with E-state index in [0.717, 1.165) is 43.0 Å². The summed E-state index contributed by atoms with van der Waals surface area (Å²) in [6.45, 7) is 3.02. The zero-order valence-corrected chi connectivity index (χ0v) is 15.9. The summed E-state index contributed by atoms with van der Waals surface area (Å²) in [6.07, 6.45) is 6.70. The minimum atomic E-state index is 0.614. The minimum absolute atomic E-state index is 0.614. The summed E-state index contributed by atoms with van der Waals surface area (Å²) in [5, 5.41) is 4.67. The van der Waals surface area contributed by atoms with Gasteiger partial charge >= 0.3 is 0 Å². The number of fused-ring (bicyclic) bond motifs is 2. The molecule has 0 saturated heterocycles. The van der Waals surface area contributed by atoms with Crippen molar-refractivity contribution in [3.05, 3.63) is 35.9 Å². The van der Waals surface area contributed by atoms with E-state index in [1.54, 1.807) is 0 Å². The van der Waals surface area contributed by atoms with E-state index >= 15 is 0 Å². The SMILES string of the molecule is CN(C)CCCN(Cc1ccccc1)C(=S)NC1CC2CCC1C2. The molecule has 2 aliphatic carbocycles. The largest absolute Gasteiger partial charge is 0.360 e. The van der Waals surface area contributed by atoms with Crippen LogP contribution in [0.25, 0.3) is 0 Å². The molecular weight excluding hydrogens is 314 g/mol. The Kier molecular flexibility index (Phi) is 6.12. The number of hydrogen-bond donors (Lipinski definition) is 1. The average Bonchev–Trinajstić information content (AvgIpc) is 3.17. The van der Waals surface area contributed by atoms with Crippen molar-refractivity contribution in [2.24, 2.45) is 11.8 Å². The summed E-state index contributed by atoms with van der Waals surface area (Å²) in [5.74, 6) is 1.81. The van der Waals surface area contributed by atoms with Gasteiger partial charge in [-0.1, -0.05) is 36.8 Å². The van der Waals surface area contributed by atoms with Gasteiger partial charge in [0, 0.05) is 19.1 Å². The molecule has 2 bridgehead atoms. The maximum Gasteiger partial charge on any atom is 0.169 e. The number of nitrogens with zero attached hydrogens (tertiary/aromatic N) is 2. The van der Waals surface area contributed by atoms with E-state index in [0.29, 0.717) is 6.04 Å². The predicted molar refractivity (Wildman–Crippen MR) is 105 cm³/mol. The molecule has 132 valence electrons. The molecule has 3 atom stereocenters. The van der Waals surface area contributed by atoms with E-state index in [1.807, 2.05) is 0 Å². The third-order valence-corrected chi connectivity index (χ3v) is 5.96. The molecule has 0 aromatic heterocycles. The highest BCUT2D eigenvalue weighted by Crippen LogP contribution is 2.44. The van der Waals surface area contributed by atoms with Gasteiger partial charge in [0.2, 0.25) is 0 Å². The smallest absolute Gasteiger partial charge is 0.169 e. The maximum atomic E-state index is 5.81. The van der Waals surface area contributed by atoms with E-state index in [-0.39, 0.29) is 0 Å². The summed E-state index contributed by atoms with van der Waals surface area (Å²) in [7, 11) is 4.26. The van der Waals surface area contributed by atoms with E-state index in [1.165, 1.54) is 31.2 Å². The summed E-state index contributed by atoms with van der Waals surface area (Å²) < 4.78 is 0. The molecule has 24 heavy (non-hydrogen) atoms. The van der Waals surface area contributed by atoms with Crippen LogP contribution in [-0.4, -0.2) is 48.1 Å². The Morgan fingerprint density at radius 2 is 1.92 bits per heavy atom. The van der Waals surface area contributed by atoms with Gasteiger partial charge in [-0.25, -0.2) is 0 Å². The van der Waals surface area contributed by atoms with Crippen LogP contribution in [-0.2, 0) is 6.54 Å². The van der Waals surface area contributed by atoms with Crippen LogP contribution in [0.5, 0.6) is 0 Å². The second-order valence-electron chi connectivity index (χ2n) is 7.79. The van der Waals surface area contributed by atoms with Gasteiger partial charge in [0.1, 0.15) is 0 Å². The molecule has 2 aliphatic rings. The zero-order valence-electron chi connectivity index (χ0n) is 15.1. The molecule has 4 heteroatoms. The number of thiocarbonyl (C=S) groups is 1. The molecule has 0 spiro atoms. The lowest BCUT2D eigenvalue weighted by molar-refractivity contribution is 0.327. The topological polar surface area (TPSA) is 18.5 Å². The van der Waals surface area contributed by atoms with Crippen LogP contribution in [0.4, 0.5) is 0 Å². The van der Waals surface area contributed by atoms with E-state index in [4.69, 9.17) is 12.2 Å². The van der Waals surface area contributed by atoms with Crippen molar-refractivity contribution in [1.29, 1.82) is 0 Å². The molecule has 3 rings (SSSR count). The standard InChI is InChI=1S/C20H31N3S/c1-22(2)11-6-12-23(15-16-7-4-3-5-8-16)20(24)21-19-14-17-9-10-18(19)13-17/h3-5,7-8,17-19H,6,9-15H2,1-2H3,(H,21,24). The zero-order chi connectivity index (χ0) is 16.9. The number of rotatable bonds is 7. The first-order valence-corrected chi connectivity index (χ1v) is 9.76. The van der Waals surface area contributed by atoms with Gasteiger partial charge in [-0.2, -0.15) is 0 Å². The number of benzene rings is 1. The van der Waals surface area contributed by atoms with Crippen LogP contribution in [0.1, 0.15) is 37.7 Å². The monoisotopic (exact) mass is 345 g/mol. The second kappa shape index (κ2) is 8.30. The molecule has 2 fully saturated rings. The molecule has 3 unspecified atom stereocenters. The summed E-state index contributed by atoms with van der Waals surface area (Å²) in [5.41, 5.74) is 1.33. The lowest BCUT2D eigenvalue weighted by atomic mass is 9.95. The first kappa shape index (κ1) is 17.7. The quantitative estimate of drug-likeness (QED) is 0.762. The molecule has 1 aromatic carbocycles. The summed E-state index contributed by atoms with van der Waals surface area (Å²) >= 11 is 5.81. The van der Waals surface area contributed by atoms with Gasteiger partial charge in [-0.05, 0) is 75.9 Å². The third-order valence-electron chi connectivity index (χ3n) is 5.58. The number of hydrogen-bond acceptors (Lipinski definition) is 2. The highest BCUT2D eigenvalue weighted by molar-refractivity contribution is 7.80. The van der Waals surface area contributed by atoms with Gasteiger partial charge < -0.3 is 15.1 Å². The van der Waals surface area contributed by atoms with Crippen molar-refractivity contribution in [3.8, 4) is 0 Å². The molecule has 1 aromatic rings. The average molecular weight is 346 g/mol. The van der Waals surface area contributed by atoms with Crippen LogP contribution < -0.4 is 5.32 Å². The molecule has 1 N–H and O–H groups in total. The Morgan fingerprint density at radius 3 is 2.54 bits per heavy atom. The molecule has 0 radical (unpaired) electrons. The van der Waals surface area contributed by atoms with Crippen molar-refractivity contribution in [1.82, 2.24) is 15.1 Å². The molecule has 0 heterocycles. The Bertz CT molecular complexity index is 531. The summed E-state index contributed by atoms with van der Waals surface area (Å²) in [6, 6.07) is 11.3. The van der Waals surface area contributed by atoms with Crippen molar-refractivity contribution in [2.45, 2.75) is 44.7 Å². The van der Waals surface area contributed by atoms with Crippen molar-refractivity contribution >= 4 is 17.3 Å². The Labute approximate surface area is 152 Å². The van der Waals surface area contributed by atoms with Gasteiger partial charge in [-0.15, -0.1) is 0 Å². The van der Waals surface area contributed by atoms with Crippen molar-refractivity contribution < 1.29 is 0 Å². The van der Waals surface area contributed by atoms with Crippen LogP contribution in [0.15, 0.2) is 30.3 Å². The molecule has 2 saturated carbocycles. The predicted octanol–water partition coefficient (Wildman–Crippen LogP) is 3.50. The normalized spacial score (nSPS) is 25.2. The Morgan fingerprint density at radius 1 is 1.12 bits per heavy atom. The Hall–Kier alpha value is -1.13. The minimum Gasteiger partial charge on any atom is -0.360 e. The van der Waals surface area contributed by atoms with Gasteiger partial charge in [0.15, 0.2) is 5.11 Å². The van der Waals surface area contributed by atoms with Crippen LogP contribution in [0.3, 0.4) is 0 Å². The fourth-order valence-electron chi connectivity index (χ4n) is 4.31. The molecule has 0 aliphatic heterocycles. The van der Waals surface area contributed by atoms with Gasteiger partial charge in [0.05, 0.1) is 0 Å². The Balaban J connectivity index is 1.58. The van der Waals surface area contributed by atoms with Crippen LogP contribution in [0.2, 0.25) is 0 Å². The lowest BCUT2D eigenvalue weighted by Crippen LogP contribution is -2.46. The fourth-order valence-corrected chi connectivity index (χ4v) is 4.61. The van der Waals surface area contributed by atoms with E-state index in [2.05, 4.69) is 59.5 Å². The molecule has 0 amide bonds. The van der Waals surface area contributed by atoms with E-state index in [9.17, 15) is 0 Å². The first-order chi connectivity index (χ1) is 11.6. The first-order valence-electron chi connectivity index (χ1n) is 9.36. The maximum absolute atomic E-state index is 5.81. The third kappa shape index (κ3) is 4.70. The highest BCUT2D eigenvalue weighted by Gasteiger charge is 2.39. The van der Waals surface area contributed by atoms with Crippen molar-refractivity contribution in [2.75, 3.05) is 27.2 Å². The van der Waals surface area contributed by atoms with Gasteiger partial charge in [0.25, 0.3) is 0 Å². The fraction of sp³-hybridized carbons (Fsp3) is 0.650. The van der Waals surface area contributed by atoms with Gasteiger partial charge in [-0.3, -0.25) is 0 Å². The molecular formula is C20H31N3S. The summed E-state index contributed by atoms with van der Waals surface area (Å²) in [4.78, 5) is 4.60. The van der Waals surface area contributed by atoms with E-state index < -0.39 is 0 Å². The van der Waals surface area contributed by atoms with Crippen molar-refractivity contribution in [3.63, 3.8) is 0 Å².